The topological polar surface area (TPSA) is 359 Å². The highest BCUT2D eigenvalue weighted by atomic mass is 16.7. The lowest BCUT2D eigenvalue weighted by atomic mass is 9.85. The van der Waals surface area contributed by atoms with Crippen LogP contribution in [0.5, 0.6) is 17.2 Å². The predicted octanol–water partition coefficient (Wildman–Crippen LogP) is 1.34. The molecule has 8 aliphatic rings. The molecule has 0 aromatic heterocycles. The second kappa shape index (κ2) is 26.4. The molecule has 2 aromatic carbocycles. The molecule has 4 bridgehead atoms. The maximum Gasteiger partial charge on any atom is 0.303 e. The number of esters is 2. The van der Waals surface area contributed by atoms with Gasteiger partial charge in [0.25, 0.3) is 0 Å². The molecule has 2 aromatic rings. The molecule has 0 saturated carbocycles. The van der Waals surface area contributed by atoms with Crippen LogP contribution in [0.4, 0.5) is 0 Å². The highest BCUT2D eigenvalue weighted by molar-refractivity contribution is 6.11. The lowest BCUT2D eigenvalue weighted by Crippen LogP contribution is -2.59. The van der Waals surface area contributed by atoms with Gasteiger partial charge in [0.2, 0.25) is 0 Å². The molecule has 5 fully saturated rings. The van der Waals surface area contributed by atoms with Gasteiger partial charge in [-0.25, -0.2) is 0 Å². The number of methoxy groups -OCH3 is 2. The number of hydrogen-bond donors (Lipinski definition) is 8. The van der Waals surface area contributed by atoms with E-state index in [0.717, 1.165) is 14.0 Å². The molecule has 0 spiro atoms. The van der Waals surface area contributed by atoms with Gasteiger partial charge < -0.3 is 107 Å². The molecule has 26 heteroatoms. The minimum absolute atomic E-state index is 0.0148. The molecule has 0 amide bonds. The van der Waals surface area contributed by atoms with Crippen LogP contribution in [-0.4, -0.2) is 231 Å². The number of ether oxygens (including phenoxy) is 14. The van der Waals surface area contributed by atoms with Crippen LogP contribution in [0, 0.1) is 6.92 Å². The molecule has 83 heavy (non-hydrogen) atoms. The Hall–Kier alpha value is -4.30. The SMILES string of the molecule is CO[C@@H]1[C@H](O)C[C@@H](O[C@H]2C[C@H](Cc3cc4cc5c(C)c(O)c4c(O)c3C(=O)[C@@H](O[C@H]3C[C@@H](O[C@H]4C[C@@H](O[C@H]6C[C@](C)(O)[C@@H](OC(C)=O)[C@H](C)O6)[C@H](O)[C@@H](C)O4)[C@H](O)[C@@H](C)O3)[C@H]([C@H](OC)C(=O)[C@@H](O)[C@@H](C)O)O5)O[C@H](C)[C@@H]2OC(C)=O)O[C@@H]1C. The molecule has 25 atom stereocenters. The number of benzene rings is 2. The van der Waals surface area contributed by atoms with E-state index < -0.39 is 193 Å². The Morgan fingerprint density at radius 2 is 1.27 bits per heavy atom. The maximum atomic E-state index is 15.9. The maximum absolute atomic E-state index is 15.9. The Morgan fingerprint density at radius 1 is 0.711 bits per heavy atom. The zero-order valence-electron chi connectivity index (χ0n) is 48.7. The number of phenolic OH excluding ortho intramolecular Hbond substituents is 2. The van der Waals surface area contributed by atoms with E-state index in [-0.39, 0.29) is 66.2 Å². The smallest absolute Gasteiger partial charge is 0.303 e. The zero-order chi connectivity index (χ0) is 60.8. The second-order valence-electron chi connectivity index (χ2n) is 23.1. The summed E-state index contributed by atoms with van der Waals surface area (Å²) in [5.41, 5.74) is -1.79. The second-order valence-corrected chi connectivity index (χ2v) is 23.1. The third-order valence-corrected chi connectivity index (χ3v) is 16.6. The van der Waals surface area contributed by atoms with Gasteiger partial charge in [-0.1, -0.05) is 0 Å². The highest BCUT2D eigenvalue weighted by Crippen LogP contribution is 2.47. The largest absolute Gasteiger partial charge is 0.507 e. The van der Waals surface area contributed by atoms with Crippen LogP contribution in [0.25, 0.3) is 10.8 Å². The van der Waals surface area contributed by atoms with E-state index in [0.29, 0.717) is 0 Å². The van der Waals surface area contributed by atoms with Crippen molar-refractivity contribution < 1.29 is 126 Å². The van der Waals surface area contributed by atoms with E-state index in [1.54, 1.807) is 33.8 Å². The number of aliphatic hydroxyl groups excluding tert-OH is 5. The number of rotatable bonds is 18. The van der Waals surface area contributed by atoms with E-state index in [1.165, 1.54) is 47.8 Å². The average Bonchev–Trinajstić information content (AvgIpc) is 1.57. The number of carbonyl (C=O) groups excluding carboxylic acids is 4. The third kappa shape index (κ3) is 13.9. The van der Waals surface area contributed by atoms with Crippen molar-refractivity contribution in [2.45, 2.75) is 261 Å². The van der Waals surface area contributed by atoms with Gasteiger partial charge in [0.05, 0.1) is 72.0 Å². The lowest BCUT2D eigenvalue weighted by molar-refractivity contribution is -0.334. The molecule has 0 radical (unpaired) electrons. The number of hydrogen-bond acceptors (Lipinski definition) is 26. The number of Topliss-reactive ketones (excluding diaryl/α,β-unsaturated/α-hetero) is 2. The minimum Gasteiger partial charge on any atom is -0.507 e. The zero-order valence-corrected chi connectivity index (χ0v) is 48.7. The van der Waals surface area contributed by atoms with Crippen LogP contribution in [0.1, 0.15) is 116 Å². The first-order valence-electron chi connectivity index (χ1n) is 28.2. The molecule has 0 aliphatic carbocycles. The summed E-state index contributed by atoms with van der Waals surface area (Å²) < 4.78 is 85.4. The van der Waals surface area contributed by atoms with Gasteiger partial charge in [-0.15, -0.1) is 0 Å². The van der Waals surface area contributed by atoms with Gasteiger partial charge >= 0.3 is 11.9 Å². The van der Waals surface area contributed by atoms with Crippen molar-refractivity contribution in [3.8, 4) is 17.2 Å². The van der Waals surface area contributed by atoms with Crippen LogP contribution in [0.15, 0.2) is 12.1 Å². The minimum atomic E-state index is -2.08. The summed E-state index contributed by atoms with van der Waals surface area (Å²) in [6.07, 6.45) is -29.3. The van der Waals surface area contributed by atoms with Crippen LogP contribution < -0.4 is 4.74 Å². The molecular weight excluding hydrogens is 1100 g/mol. The van der Waals surface area contributed by atoms with Crippen molar-refractivity contribution in [2.75, 3.05) is 14.2 Å². The summed E-state index contributed by atoms with van der Waals surface area (Å²) >= 11 is 0. The van der Waals surface area contributed by atoms with E-state index >= 15 is 4.79 Å². The third-order valence-electron chi connectivity index (χ3n) is 16.6. The molecule has 8 aliphatic heterocycles. The molecule has 5 saturated heterocycles. The number of ketones is 2. The summed E-state index contributed by atoms with van der Waals surface area (Å²) in [5, 5.41) is 91.0. The van der Waals surface area contributed by atoms with Gasteiger partial charge in [0.15, 0.2) is 67.2 Å². The van der Waals surface area contributed by atoms with Crippen molar-refractivity contribution in [3.05, 3.63) is 28.8 Å². The van der Waals surface area contributed by atoms with Crippen LogP contribution in [-0.2, 0) is 82.4 Å². The molecule has 8 heterocycles. The number of aromatic hydroxyl groups is 2. The van der Waals surface area contributed by atoms with Crippen molar-refractivity contribution in [1.29, 1.82) is 0 Å². The fraction of sp³-hybridized carbons (Fsp3) is 0.754. The normalized spacial score (nSPS) is 39.7. The predicted molar refractivity (Wildman–Crippen MR) is 283 cm³/mol. The number of fused-ring (bicyclic) bond motifs is 2. The Bertz CT molecular complexity index is 2620. The van der Waals surface area contributed by atoms with Crippen LogP contribution >= 0.6 is 0 Å². The summed E-state index contributed by atoms with van der Waals surface area (Å²) in [7, 11) is 2.56. The molecular formula is C57H82O26. The Morgan fingerprint density at radius 3 is 1.83 bits per heavy atom. The van der Waals surface area contributed by atoms with Gasteiger partial charge in [-0.2, -0.15) is 0 Å². The van der Waals surface area contributed by atoms with Gasteiger partial charge in [0, 0.05) is 65.7 Å². The van der Waals surface area contributed by atoms with Gasteiger partial charge in [-0.3, -0.25) is 19.2 Å². The molecule has 26 nitrogen and oxygen atoms in total. The van der Waals surface area contributed by atoms with Gasteiger partial charge in [-0.05, 0) is 84.9 Å². The van der Waals surface area contributed by atoms with Crippen LogP contribution in [0.2, 0.25) is 0 Å². The number of phenols is 2. The number of aliphatic hydroxyl groups is 6. The Kier molecular flexibility index (Phi) is 20.5. The summed E-state index contributed by atoms with van der Waals surface area (Å²) in [5.74, 6) is -4.68. The van der Waals surface area contributed by atoms with Crippen molar-refractivity contribution in [1.82, 2.24) is 0 Å². The standard InChI is InChI=1S/C57H82O26/c1-21-34-15-31-13-30(14-32-16-37(52(26(6)72-32)77-28(8)59)81-38-17-33(61)51(70-11)25(5)75-38)43(48(66)42(31)44(21)62)49(67)54(55(82-34)53(71-12)50(68)45(63)22(2)58)83-40-19-35(46(64)24(4)74-40)79-39-18-36(47(65)23(3)73-39)80-41-20-57(10,69)56(27(7)76-41)78-29(9)60/h13,15,22-27,32-33,35-41,45-47,51-56,58,61-66,69H,14,16-20H2,1-12H3/t22-,23-,24-,25-,26-,27+,32+,33-,35-,36-,37+,38-,39+,40+,41+,45+,46-,47-,51+,52+,53-,54-,55+,56+,57+/m1/s1. The van der Waals surface area contributed by atoms with E-state index in [2.05, 4.69) is 0 Å². The van der Waals surface area contributed by atoms with Crippen LogP contribution in [0.3, 0.4) is 0 Å². The first-order chi connectivity index (χ1) is 39.0. The fourth-order valence-corrected chi connectivity index (χ4v) is 12.4. The van der Waals surface area contributed by atoms with Gasteiger partial charge in [0.1, 0.15) is 53.4 Å². The molecule has 0 unspecified atom stereocenters. The quantitative estimate of drug-likeness (QED) is 0.0976. The van der Waals surface area contributed by atoms with Crippen molar-refractivity contribution >= 4 is 34.3 Å². The van der Waals surface area contributed by atoms with Crippen molar-refractivity contribution in [3.63, 3.8) is 0 Å². The monoisotopic (exact) mass is 1180 g/mol. The Balaban J connectivity index is 1.12. The first kappa shape index (κ1) is 64.7. The Labute approximate surface area is 480 Å². The summed E-state index contributed by atoms with van der Waals surface area (Å²) in [4.78, 5) is 54.4. The van der Waals surface area contributed by atoms with Crippen molar-refractivity contribution in [2.24, 2.45) is 0 Å². The highest BCUT2D eigenvalue weighted by Gasteiger charge is 2.53. The molecule has 8 N–H and O–H groups in total. The van der Waals surface area contributed by atoms with E-state index in [9.17, 15) is 55.2 Å². The fourth-order valence-electron chi connectivity index (χ4n) is 12.4. The lowest BCUT2D eigenvalue weighted by Gasteiger charge is -2.46. The first-order valence-corrected chi connectivity index (χ1v) is 28.2. The summed E-state index contributed by atoms with van der Waals surface area (Å²) in [6.45, 7) is 14.6. The average molecular weight is 1180 g/mol. The number of carbonyl (C=O) groups is 4. The van der Waals surface area contributed by atoms with E-state index in [1.807, 2.05) is 0 Å². The molecule has 10 rings (SSSR count). The summed E-state index contributed by atoms with van der Waals surface area (Å²) in [6, 6.07) is 3.02. The van der Waals surface area contributed by atoms with E-state index in [4.69, 9.17) is 66.3 Å². The molecule has 466 valence electrons.